The Labute approximate surface area is 202 Å². The number of aryl methyl sites for hydroxylation is 4. The van der Waals surface area contributed by atoms with Gasteiger partial charge in [0.2, 0.25) is 5.91 Å². The fourth-order valence-corrected chi connectivity index (χ4v) is 5.81. The number of hydrogen-bond donors (Lipinski definition) is 1. The zero-order chi connectivity index (χ0) is 24.3. The molecular weight excluding hydrogens is 444 g/mol. The molecule has 0 unspecified atom stereocenters. The molecule has 0 heterocycles. The van der Waals surface area contributed by atoms with Crippen LogP contribution < -0.4 is 9.62 Å². The van der Waals surface area contributed by atoms with Gasteiger partial charge in [-0.3, -0.25) is 9.10 Å². The molecule has 1 atom stereocenters. The average Bonchev–Trinajstić information content (AvgIpc) is 2.83. The van der Waals surface area contributed by atoms with E-state index in [1.165, 1.54) is 28.3 Å². The van der Waals surface area contributed by atoms with Gasteiger partial charge in [0.05, 0.1) is 16.6 Å². The van der Waals surface area contributed by atoms with Crippen LogP contribution >= 0.6 is 0 Å². The van der Waals surface area contributed by atoms with Gasteiger partial charge in [0.1, 0.15) is 6.54 Å². The van der Waals surface area contributed by atoms with Crippen molar-refractivity contribution in [3.05, 3.63) is 94.5 Å². The van der Waals surface area contributed by atoms with Gasteiger partial charge in [0, 0.05) is 0 Å². The van der Waals surface area contributed by atoms with Gasteiger partial charge >= 0.3 is 0 Å². The lowest BCUT2D eigenvalue weighted by Crippen LogP contribution is -2.41. The highest BCUT2D eigenvalue weighted by Gasteiger charge is 2.27. The van der Waals surface area contributed by atoms with Crippen molar-refractivity contribution in [2.45, 2.75) is 57.4 Å². The van der Waals surface area contributed by atoms with E-state index in [0.717, 1.165) is 29.5 Å². The lowest BCUT2D eigenvalue weighted by molar-refractivity contribution is -0.120. The van der Waals surface area contributed by atoms with E-state index >= 15 is 0 Å². The summed E-state index contributed by atoms with van der Waals surface area (Å²) in [6.45, 7) is 5.49. The van der Waals surface area contributed by atoms with Gasteiger partial charge in [0.25, 0.3) is 10.0 Å². The summed E-state index contributed by atoms with van der Waals surface area (Å²) in [6.07, 6.45) is 4.60. The smallest absolute Gasteiger partial charge is 0.264 e. The topological polar surface area (TPSA) is 66.5 Å². The molecule has 0 spiro atoms. The van der Waals surface area contributed by atoms with Gasteiger partial charge in [-0.25, -0.2) is 8.42 Å². The van der Waals surface area contributed by atoms with Crippen molar-refractivity contribution in [1.82, 2.24) is 5.32 Å². The largest absolute Gasteiger partial charge is 0.348 e. The van der Waals surface area contributed by atoms with E-state index in [1.807, 2.05) is 32.9 Å². The van der Waals surface area contributed by atoms with Crippen molar-refractivity contribution in [3.8, 4) is 0 Å². The molecule has 0 fully saturated rings. The van der Waals surface area contributed by atoms with Crippen molar-refractivity contribution in [2.75, 3.05) is 10.8 Å². The fourth-order valence-electron chi connectivity index (χ4n) is 4.39. The standard InChI is InChI=1S/C28H32N2O3S/c1-20-8-14-26(15-9-20)30(34(32,33)27-16-10-21(2)11-17-27)19-28(31)29-22(3)24-13-12-23-6-4-5-7-25(23)18-24/h8-18,22H,4-7,19H2,1-3H3,(H,29,31)/t22-/m1/s1. The lowest BCUT2D eigenvalue weighted by Gasteiger charge is -2.25. The predicted octanol–water partition coefficient (Wildman–Crippen LogP) is 5.25. The summed E-state index contributed by atoms with van der Waals surface area (Å²) >= 11 is 0. The molecule has 1 aliphatic carbocycles. The van der Waals surface area contributed by atoms with Crippen LogP contribution in [-0.2, 0) is 27.7 Å². The summed E-state index contributed by atoms with van der Waals surface area (Å²) < 4.78 is 28.2. The minimum atomic E-state index is -3.92. The van der Waals surface area contributed by atoms with Gasteiger partial charge in [0.15, 0.2) is 0 Å². The molecule has 0 radical (unpaired) electrons. The van der Waals surface area contributed by atoms with E-state index in [-0.39, 0.29) is 23.4 Å². The molecule has 0 saturated carbocycles. The van der Waals surface area contributed by atoms with Crippen LogP contribution in [0.3, 0.4) is 0 Å². The van der Waals surface area contributed by atoms with Crippen LogP contribution in [0.15, 0.2) is 71.6 Å². The average molecular weight is 477 g/mol. The number of carbonyl (C=O) groups is 1. The number of amides is 1. The van der Waals surface area contributed by atoms with Crippen molar-refractivity contribution in [3.63, 3.8) is 0 Å². The van der Waals surface area contributed by atoms with Crippen LogP contribution in [0.2, 0.25) is 0 Å². The Morgan fingerprint density at radius 3 is 2.12 bits per heavy atom. The number of nitrogens with zero attached hydrogens (tertiary/aromatic N) is 1. The quantitative estimate of drug-likeness (QED) is 0.506. The molecule has 0 bridgehead atoms. The van der Waals surface area contributed by atoms with E-state index in [9.17, 15) is 13.2 Å². The first-order valence-electron chi connectivity index (χ1n) is 11.8. The molecule has 34 heavy (non-hydrogen) atoms. The molecule has 3 aromatic rings. The van der Waals surface area contributed by atoms with Gasteiger partial charge < -0.3 is 5.32 Å². The van der Waals surface area contributed by atoms with Gasteiger partial charge in [-0.15, -0.1) is 0 Å². The molecule has 0 aliphatic heterocycles. The molecule has 3 aromatic carbocycles. The minimum Gasteiger partial charge on any atom is -0.348 e. The van der Waals surface area contributed by atoms with Crippen molar-refractivity contribution >= 4 is 21.6 Å². The number of sulfonamides is 1. The minimum absolute atomic E-state index is 0.161. The maximum Gasteiger partial charge on any atom is 0.264 e. The summed E-state index contributed by atoms with van der Waals surface area (Å²) in [5.74, 6) is -0.346. The second-order valence-electron chi connectivity index (χ2n) is 9.18. The Kier molecular flexibility index (Phi) is 7.08. The van der Waals surface area contributed by atoms with Crippen molar-refractivity contribution in [1.29, 1.82) is 0 Å². The third-order valence-electron chi connectivity index (χ3n) is 6.47. The van der Waals surface area contributed by atoms with Crippen LogP contribution in [0.5, 0.6) is 0 Å². The number of hydrogen-bond acceptors (Lipinski definition) is 3. The summed E-state index contributed by atoms with van der Waals surface area (Å²) in [4.78, 5) is 13.2. The van der Waals surface area contributed by atoms with Crippen LogP contribution in [0, 0.1) is 13.8 Å². The molecule has 0 saturated heterocycles. The monoisotopic (exact) mass is 476 g/mol. The van der Waals surface area contributed by atoms with E-state index in [4.69, 9.17) is 0 Å². The van der Waals surface area contributed by atoms with E-state index in [0.29, 0.717) is 5.69 Å². The molecule has 1 aliphatic rings. The number of fused-ring (bicyclic) bond motifs is 1. The van der Waals surface area contributed by atoms with E-state index < -0.39 is 10.0 Å². The molecule has 4 rings (SSSR count). The summed E-state index contributed by atoms with van der Waals surface area (Å²) in [7, 11) is -3.92. The van der Waals surface area contributed by atoms with E-state index in [2.05, 4.69) is 23.5 Å². The second-order valence-corrected chi connectivity index (χ2v) is 11.0. The normalized spacial score (nSPS) is 14.2. The van der Waals surface area contributed by atoms with Gasteiger partial charge in [-0.1, -0.05) is 53.6 Å². The first kappa shape index (κ1) is 24.0. The second kappa shape index (κ2) is 10.0. The van der Waals surface area contributed by atoms with Crippen LogP contribution in [0.1, 0.15) is 53.6 Å². The SMILES string of the molecule is Cc1ccc(N(CC(=O)N[C@H](C)c2ccc3c(c2)CCCC3)S(=O)(=O)c2ccc(C)cc2)cc1. The maximum atomic E-state index is 13.5. The molecule has 0 aromatic heterocycles. The Hall–Kier alpha value is -3.12. The third kappa shape index (κ3) is 5.33. The number of benzene rings is 3. The summed E-state index contributed by atoms with van der Waals surface area (Å²) in [6, 6.07) is 20.0. The van der Waals surface area contributed by atoms with Crippen molar-refractivity contribution in [2.24, 2.45) is 0 Å². The number of nitrogens with one attached hydrogen (secondary N) is 1. The first-order valence-corrected chi connectivity index (χ1v) is 13.3. The number of anilines is 1. The van der Waals surface area contributed by atoms with Gasteiger partial charge in [-0.2, -0.15) is 0 Å². The fraction of sp³-hybridized carbons (Fsp3) is 0.321. The molecule has 178 valence electrons. The highest BCUT2D eigenvalue weighted by atomic mass is 32.2. The van der Waals surface area contributed by atoms with Crippen molar-refractivity contribution < 1.29 is 13.2 Å². The maximum absolute atomic E-state index is 13.5. The highest BCUT2D eigenvalue weighted by Crippen LogP contribution is 2.26. The Balaban J connectivity index is 1.56. The molecule has 6 heteroatoms. The van der Waals surface area contributed by atoms with Crippen LogP contribution in [-0.4, -0.2) is 20.9 Å². The zero-order valence-electron chi connectivity index (χ0n) is 20.0. The number of carbonyl (C=O) groups excluding carboxylic acids is 1. The predicted molar refractivity (Wildman–Crippen MR) is 137 cm³/mol. The Morgan fingerprint density at radius 2 is 1.47 bits per heavy atom. The first-order chi connectivity index (χ1) is 16.2. The molecule has 1 amide bonds. The molecule has 1 N–H and O–H groups in total. The Morgan fingerprint density at radius 1 is 0.882 bits per heavy atom. The highest BCUT2D eigenvalue weighted by molar-refractivity contribution is 7.92. The zero-order valence-corrected chi connectivity index (χ0v) is 20.9. The van der Waals surface area contributed by atoms with Gasteiger partial charge in [-0.05, 0) is 87.4 Å². The summed E-state index contributed by atoms with van der Waals surface area (Å²) in [5.41, 5.74) is 6.23. The molecule has 5 nitrogen and oxygen atoms in total. The van der Waals surface area contributed by atoms with Crippen LogP contribution in [0.25, 0.3) is 0 Å². The van der Waals surface area contributed by atoms with E-state index in [1.54, 1.807) is 36.4 Å². The molecular formula is C28H32N2O3S. The lowest BCUT2D eigenvalue weighted by atomic mass is 9.89. The Bertz CT molecular complexity index is 1270. The summed E-state index contributed by atoms with van der Waals surface area (Å²) in [5, 5.41) is 3.00. The van der Waals surface area contributed by atoms with Crippen LogP contribution in [0.4, 0.5) is 5.69 Å². The number of rotatable bonds is 7. The third-order valence-corrected chi connectivity index (χ3v) is 8.26.